The highest BCUT2D eigenvalue weighted by molar-refractivity contribution is 7.88. The number of aryl methyl sites for hydroxylation is 1. The lowest BCUT2D eigenvalue weighted by atomic mass is 10.1. The summed E-state index contributed by atoms with van der Waals surface area (Å²) in [5.41, 5.74) is 2.65. The molecular weight excluding hydrogens is 240 g/mol. The van der Waals surface area contributed by atoms with Crippen molar-refractivity contribution in [2.75, 3.05) is 0 Å². The lowest BCUT2D eigenvalue weighted by Gasteiger charge is -1.97. The van der Waals surface area contributed by atoms with Crippen molar-refractivity contribution in [2.24, 2.45) is 5.14 Å². The Morgan fingerprint density at radius 1 is 1.29 bits per heavy atom. The van der Waals surface area contributed by atoms with Crippen molar-refractivity contribution in [3.8, 4) is 11.3 Å². The zero-order chi connectivity index (χ0) is 12.5. The first kappa shape index (κ1) is 11.7. The number of nitrogens with zero attached hydrogens (tertiary/aromatic N) is 3. The molecule has 0 radical (unpaired) electrons. The van der Waals surface area contributed by atoms with Gasteiger partial charge >= 0.3 is 0 Å². The van der Waals surface area contributed by atoms with Crippen LogP contribution in [0.3, 0.4) is 0 Å². The average molecular weight is 252 g/mol. The Morgan fingerprint density at radius 3 is 2.53 bits per heavy atom. The average Bonchev–Trinajstić information content (AvgIpc) is 2.64. The van der Waals surface area contributed by atoms with E-state index in [1.807, 2.05) is 31.2 Å². The van der Waals surface area contributed by atoms with Crippen LogP contribution >= 0.6 is 0 Å². The molecule has 0 aliphatic carbocycles. The molecule has 0 fully saturated rings. The smallest absolute Gasteiger partial charge is 0.229 e. The Bertz CT molecular complexity index is 616. The normalized spacial score (nSPS) is 11.6. The second-order valence-electron chi connectivity index (χ2n) is 3.80. The largest absolute Gasteiger partial charge is 0.235 e. The Hall–Kier alpha value is -1.73. The van der Waals surface area contributed by atoms with Gasteiger partial charge < -0.3 is 0 Å². The van der Waals surface area contributed by atoms with E-state index in [4.69, 9.17) is 5.14 Å². The van der Waals surface area contributed by atoms with Gasteiger partial charge in [0.25, 0.3) is 0 Å². The summed E-state index contributed by atoms with van der Waals surface area (Å²) in [5.74, 6) is -0.369. The molecule has 0 bridgehead atoms. The summed E-state index contributed by atoms with van der Waals surface area (Å²) in [5, 5.41) is 12.5. The third-order valence-corrected chi connectivity index (χ3v) is 2.82. The van der Waals surface area contributed by atoms with Crippen molar-refractivity contribution in [1.29, 1.82) is 0 Å². The maximum atomic E-state index is 10.9. The third-order valence-electron chi connectivity index (χ3n) is 2.20. The van der Waals surface area contributed by atoms with Crippen LogP contribution in [-0.4, -0.2) is 23.4 Å². The van der Waals surface area contributed by atoms with Gasteiger partial charge in [0.15, 0.2) is 5.88 Å². The molecule has 1 aromatic carbocycles. The fourth-order valence-corrected chi connectivity index (χ4v) is 1.90. The van der Waals surface area contributed by atoms with Gasteiger partial charge in [0, 0.05) is 5.56 Å². The molecule has 0 saturated carbocycles. The molecule has 0 spiro atoms. The molecule has 17 heavy (non-hydrogen) atoms. The summed E-state index contributed by atoms with van der Waals surface area (Å²) in [6.45, 7) is 1.99. The highest BCUT2D eigenvalue weighted by Gasteiger charge is 2.08. The van der Waals surface area contributed by atoms with Gasteiger partial charge in [-0.3, -0.25) is 0 Å². The SMILES string of the molecule is Cc1ccc(-c2cn(CS(N)(=O)=O)nn2)cc1. The van der Waals surface area contributed by atoms with Crippen molar-refractivity contribution < 1.29 is 8.42 Å². The lowest BCUT2D eigenvalue weighted by molar-refractivity contribution is 0.572. The number of aromatic nitrogens is 3. The van der Waals surface area contributed by atoms with Gasteiger partial charge in [-0.05, 0) is 6.92 Å². The van der Waals surface area contributed by atoms with Crippen molar-refractivity contribution in [2.45, 2.75) is 12.8 Å². The second-order valence-corrected chi connectivity index (χ2v) is 5.39. The van der Waals surface area contributed by atoms with E-state index in [1.165, 1.54) is 4.68 Å². The third kappa shape index (κ3) is 3.11. The topological polar surface area (TPSA) is 90.9 Å². The summed E-state index contributed by atoms with van der Waals surface area (Å²) in [6.07, 6.45) is 1.55. The minimum absolute atomic E-state index is 0.369. The van der Waals surface area contributed by atoms with Gasteiger partial charge in [-0.15, -0.1) is 5.10 Å². The van der Waals surface area contributed by atoms with Crippen LogP contribution in [0.25, 0.3) is 11.3 Å². The second kappa shape index (κ2) is 4.27. The van der Waals surface area contributed by atoms with Gasteiger partial charge in [-0.2, -0.15) is 0 Å². The molecular formula is C10H12N4O2S. The van der Waals surface area contributed by atoms with Crippen LogP contribution in [0.1, 0.15) is 5.56 Å². The van der Waals surface area contributed by atoms with Gasteiger partial charge in [-0.1, -0.05) is 35.0 Å². The predicted molar refractivity (Wildman–Crippen MR) is 63.3 cm³/mol. The Labute approximate surface area is 99.1 Å². The first-order valence-corrected chi connectivity index (χ1v) is 6.63. The molecule has 0 unspecified atom stereocenters. The highest BCUT2D eigenvalue weighted by atomic mass is 32.2. The van der Waals surface area contributed by atoms with Crippen LogP contribution in [0.2, 0.25) is 0 Å². The molecule has 7 heteroatoms. The van der Waals surface area contributed by atoms with Gasteiger partial charge in [0.1, 0.15) is 5.69 Å². The molecule has 2 aromatic rings. The van der Waals surface area contributed by atoms with Crippen molar-refractivity contribution >= 4 is 10.0 Å². The summed E-state index contributed by atoms with van der Waals surface area (Å²) >= 11 is 0. The fraction of sp³-hybridized carbons (Fsp3) is 0.200. The van der Waals surface area contributed by atoms with E-state index in [9.17, 15) is 8.42 Å². The van der Waals surface area contributed by atoms with Crippen molar-refractivity contribution in [3.63, 3.8) is 0 Å². The van der Waals surface area contributed by atoms with E-state index >= 15 is 0 Å². The summed E-state index contributed by atoms with van der Waals surface area (Å²) in [6, 6.07) is 7.71. The molecule has 6 nitrogen and oxygen atoms in total. The quantitative estimate of drug-likeness (QED) is 0.861. The number of hydrogen-bond acceptors (Lipinski definition) is 4. The van der Waals surface area contributed by atoms with E-state index in [2.05, 4.69) is 10.3 Å². The number of rotatable bonds is 3. The molecule has 2 rings (SSSR count). The Morgan fingerprint density at radius 2 is 1.94 bits per heavy atom. The van der Waals surface area contributed by atoms with E-state index in [0.717, 1.165) is 11.1 Å². The molecule has 0 amide bonds. The van der Waals surface area contributed by atoms with E-state index in [0.29, 0.717) is 5.69 Å². The zero-order valence-corrected chi connectivity index (χ0v) is 10.1. The number of hydrogen-bond donors (Lipinski definition) is 1. The van der Waals surface area contributed by atoms with Crippen LogP contribution in [0, 0.1) is 6.92 Å². The monoisotopic (exact) mass is 252 g/mol. The number of nitrogens with two attached hydrogens (primary N) is 1. The molecule has 0 atom stereocenters. The van der Waals surface area contributed by atoms with Gasteiger partial charge in [0.2, 0.25) is 10.0 Å². The summed E-state index contributed by atoms with van der Waals surface area (Å²) < 4.78 is 23.0. The first-order valence-electron chi connectivity index (χ1n) is 4.92. The van der Waals surface area contributed by atoms with Crippen molar-refractivity contribution in [3.05, 3.63) is 36.0 Å². The van der Waals surface area contributed by atoms with Crippen molar-refractivity contribution in [1.82, 2.24) is 15.0 Å². The first-order chi connectivity index (χ1) is 7.94. The van der Waals surface area contributed by atoms with E-state index in [1.54, 1.807) is 6.20 Å². The van der Waals surface area contributed by atoms with Crippen LogP contribution in [-0.2, 0) is 15.9 Å². The minimum atomic E-state index is -3.59. The molecule has 0 aliphatic heterocycles. The molecule has 1 heterocycles. The zero-order valence-electron chi connectivity index (χ0n) is 9.24. The summed E-state index contributed by atoms with van der Waals surface area (Å²) in [7, 11) is -3.59. The van der Waals surface area contributed by atoms with Gasteiger partial charge in [-0.25, -0.2) is 18.2 Å². The maximum absolute atomic E-state index is 10.9. The molecule has 90 valence electrons. The standard InChI is InChI=1S/C10H12N4O2S/c1-8-2-4-9(5-3-8)10-6-14(13-12-10)7-17(11,15)16/h2-6H,7H2,1H3,(H2,11,15,16). The highest BCUT2D eigenvalue weighted by Crippen LogP contribution is 2.16. The Kier molecular flexibility index (Phi) is 2.95. The van der Waals surface area contributed by atoms with Crippen LogP contribution < -0.4 is 5.14 Å². The van der Waals surface area contributed by atoms with E-state index in [-0.39, 0.29) is 5.88 Å². The number of sulfonamides is 1. The van der Waals surface area contributed by atoms with Crippen LogP contribution in [0.5, 0.6) is 0 Å². The fourth-order valence-electron chi connectivity index (χ4n) is 1.40. The molecule has 2 N–H and O–H groups in total. The van der Waals surface area contributed by atoms with Crippen LogP contribution in [0.15, 0.2) is 30.5 Å². The molecule has 0 aliphatic rings. The molecule has 1 aromatic heterocycles. The number of benzene rings is 1. The lowest BCUT2D eigenvalue weighted by Crippen LogP contribution is -2.19. The minimum Gasteiger partial charge on any atom is -0.235 e. The maximum Gasteiger partial charge on any atom is 0.229 e. The summed E-state index contributed by atoms with van der Waals surface area (Å²) in [4.78, 5) is 0. The van der Waals surface area contributed by atoms with Crippen LogP contribution in [0.4, 0.5) is 0 Å². The molecule has 0 saturated heterocycles. The predicted octanol–water partition coefficient (Wildman–Crippen LogP) is 0.500. The number of primary sulfonamides is 1. The Balaban J connectivity index is 2.27. The van der Waals surface area contributed by atoms with Gasteiger partial charge in [0.05, 0.1) is 6.20 Å². The van der Waals surface area contributed by atoms with E-state index < -0.39 is 10.0 Å².